The molecule has 1 aromatic rings. The molecule has 0 saturated heterocycles. The van der Waals surface area contributed by atoms with Crippen LogP contribution < -0.4 is 20.7 Å². The molecule has 28 heavy (non-hydrogen) atoms. The zero-order valence-corrected chi connectivity index (χ0v) is 18.5. The van der Waals surface area contributed by atoms with Gasteiger partial charge in [0.25, 0.3) is 0 Å². The van der Waals surface area contributed by atoms with Crippen molar-refractivity contribution < 1.29 is 22.7 Å². The Balaban J connectivity index is 0.00000392. The van der Waals surface area contributed by atoms with Gasteiger partial charge in [-0.05, 0) is 38.8 Å². The Labute approximate surface area is 179 Å². The van der Waals surface area contributed by atoms with E-state index in [1.165, 1.54) is 12.1 Å². The molecule has 0 aliphatic heterocycles. The molecule has 2 rings (SSSR count). The summed E-state index contributed by atoms with van der Waals surface area (Å²) in [5.74, 6) is -0.0696. The number of para-hydroxylation sites is 1. The van der Waals surface area contributed by atoms with Crippen LogP contribution in [0.3, 0.4) is 0 Å². The first kappa shape index (κ1) is 24.3. The maximum absolute atomic E-state index is 12.6. The van der Waals surface area contributed by atoms with Crippen LogP contribution in [0.1, 0.15) is 38.7 Å². The summed E-state index contributed by atoms with van der Waals surface area (Å²) in [6.45, 7) is 5.69. The fraction of sp³-hybridized carbons (Fsp3) is 0.556. The Morgan fingerprint density at radius 1 is 1.25 bits per heavy atom. The van der Waals surface area contributed by atoms with Crippen molar-refractivity contribution >= 4 is 35.8 Å². The van der Waals surface area contributed by atoms with Gasteiger partial charge in [0.1, 0.15) is 5.75 Å². The number of hydrogen-bond acceptors (Lipinski definition) is 3. The van der Waals surface area contributed by atoms with Gasteiger partial charge >= 0.3 is 6.36 Å². The number of halogens is 4. The van der Waals surface area contributed by atoms with Crippen LogP contribution in [0.4, 0.5) is 13.2 Å². The molecule has 1 aromatic carbocycles. The highest BCUT2D eigenvalue weighted by Crippen LogP contribution is 2.45. The summed E-state index contributed by atoms with van der Waals surface area (Å²) in [6.07, 6.45) is -4.08. The molecule has 0 spiro atoms. The lowest BCUT2D eigenvalue weighted by Gasteiger charge is -2.21. The lowest BCUT2D eigenvalue weighted by Crippen LogP contribution is -2.48. The van der Waals surface area contributed by atoms with Gasteiger partial charge in [-0.3, -0.25) is 9.79 Å². The molecule has 0 aromatic heterocycles. The lowest BCUT2D eigenvalue weighted by atomic mass is 10.1. The molecule has 158 valence electrons. The summed E-state index contributed by atoms with van der Waals surface area (Å²) in [4.78, 5) is 15.9. The van der Waals surface area contributed by atoms with E-state index in [0.717, 1.165) is 0 Å². The number of nitrogens with one attached hydrogen (secondary N) is 3. The molecule has 3 N–H and O–H groups in total. The van der Waals surface area contributed by atoms with Gasteiger partial charge in [-0.15, -0.1) is 37.1 Å². The van der Waals surface area contributed by atoms with Crippen molar-refractivity contribution in [1.29, 1.82) is 0 Å². The third kappa shape index (κ3) is 8.11. The van der Waals surface area contributed by atoms with Gasteiger partial charge in [-0.1, -0.05) is 18.2 Å². The summed E-state index contributed by atoms with van der Waals surface area (Å²) in [6, 6.07) is 6.03. The van der Waals surface area contributed by atoms with Gasteiger partial charge in [0.15, 0.2) is 5.96 Å². The molecule has 2 atom stereocenters. The summed E-state index contributed by atoms with van der Waals surface area (Å²) >= 11 is 0. The van der Waals surface area contributed by atoms with Crippen molar-refractivity contribution in [1.82, 2.24) is 16.0 Å². The van der Waals surface area contributed by atoms with Gasteiger partial charge in [0.05, 0.1) is 6.54 Å². The number of nitrogens with zero attached hydrogens (tertiary/aromatic N) is 1. The minimum atomic E-state index is -4.73. The average molecular weight is 514 g/mol. The van der Waals surface area contributed by atoms with Crippen molar-refractivity contribution in [3.63, 3.8) is 0 Å². The van der Waals surface area contributed by atoms with E-state index in [9.17, 15) is 18.0 Å². The van der Waals surface area contributed by atoms with E-state index >= 15 is 0 Å². The molecule has 1 amide bonds. The number of amides is 1. The summed E-state index contributed by atoms with van der Waals surface area (Å²) < 4.78 is 41.8. The van der Waals surface area contributed by atoms with E-state index in [1.807, 2.05) is 20.8 Å². The van der Waals surface area contributed by atoms with E-state index in [1.54, 1.807) is 19.2 Å². The average Bonchev–Trinajstić information content (AvgIpc) is 3.27. The third-order valence-electron chi connectivity index (χ3n) is 3.81. The minimum Gasteiger partial charge on any atom is -0.405 e. The topological polar surface area (TPSA) is 74.8 Å². The normalized spacial score (nSPS) is 19.3. The summed E-state index contributed by atoms with van der Waals surface area (Å²) in [5.41, 5.74) is 0.160. The van der Waals surface area contributed by atoms with E-state index in [2.05, 4.69) is 25.7 Å². The standard InChI is InChI=1S/C18H25F3N4O2.HI/c1-17(2,3)25-15(26)10-23-16(22-4)24-13-9-12(13)11-7-5-6-8-14(11)27-18(19,20)21;/h5-8,12-13H,9-10H2,1-4H3,(H,25,26)(H2,22,23,24);1H. The number of carbonyl (C=O) groups is 1. The van der Waals surface area contributed by atoms with Crippen LogP contribution in [0.25, 0.3) is 0 Å². The second kappa shape index (κ2) is 9.66. The molecule has 1 fully saturated rings. The molecule has 1 aliphatic rings. The predicted octanol–water partition coefficient (Wildman–Crippen LogP) is 3.14. The molecule has 0 radical (unpaired) electrons. The second-order valence-corrected chi connectivity index (χ2v) is 7.40. The Kier molecular flexibility index (Phi) is 8.39. The number of benzene rings is 1. The van der Waals surface area contributed by atoms with E-state index in [0.29, 0.717) is 17.9 Å². The Morgan fingerprint density at radius 2 is 1.89 bits per heavy atom. The Bertz CT molecular complexity index is 705. The van der Waals surface area contributed by atoms with Gasteiger partial charge in [0, 0.05) is 24.5 Å². The zero-order chi connectivity index (χ0) is 20.2. The van der Waals surface area contributed by atoms with Crippen molar-refractivity contribution in [3.05, 3.63) is 29.8 Å². The van der Waals surface area contributed by atoms with Crippen LogP contribution >= 0.6 is 24.0 Å². The second-order valence-electron chi connectivity index (χ2n) is 7.40. The molecular formula is C18H26F3IN4O2. The van der Waals surface area contributed by atoms with Crippen LogP contribution in [0.2, 0.25) is 0 Å². The van der Waals surface area contributed by atoms with Gasteiger partial charge < -0.3 is 20.7 Å². The molecule has 1 aliphatic carbocycles. The molecule has 0 heterocycles. The number of hydrogen-bond donors (Lipinski definition) is 3. The first-order chi connectivity index (χ1) is 12.5. The van der Waals surface area contributed by atoms with Crippen molar-refractivity contribution in [2.24, 2.45) is 4.99 Å². The van der Waals surface area contributed by atoms with Crippen molar-refractivity contribution in [2.75, 3.05) is 13.6 Å². The minimum absolute atomic E-state index is 0. The Hall–Kier alpha value is -1.72. The zero-order valence-electron chi connectivity index (χ0n) is 16.2. The number of alkyl halides is 3. The summed E-state index contributed by atoms with van der Waals surface area (Å²) in [5, 5.41) is 8.85. The highest BCUT2D eigenvalue weighted by Gasteiger charge is 2.42. The highest BCUT2D eigenvalue weighted by atomic mass is 127. The van der Waals surface area contributed by atoms with Crippen LogP contribution in [0.15, 0.2) is 29.3 Å². The number of rotatable bonds is 5. The molecule has 10 heteroatoms. The van der Waals surface area contributed by atoms with Gasteiger partial charge in [-0.25, -0.2) is 0 Å². The molecule has 1 saturated carbocycles. The first-order valence-corrected chi connectivity index (χ1v) is 8.61. The number of ether oxygens (including phenoxy) is 1. The predicted molar refractivity (Wildman–Crippen MR) is 112 cm³/mol. The maximum Gasteiger partial charge on any atom is 0.573 e. The third-order valence-corrected chi connectivity index (χ3v) is 3.81. The van der Waals surface area contributed by atoms with Crippen LogP contribution in [-0.4, -0.2) is 43.4 Å². The smallest absolute Gasteiger partial charge is 0.405 e. The maximum atomic E-state index is 12.6. The van der Waals surface area contributed by atoms with E-state index in [4.69, 9.17) is 0 Å². The molecule has 2 unspecified atom stereocenters. The number of carbonyl (C=O) groups excluding carboxylic acids is 1. The SMILES string of the molecule is CN=C(NCC(=O)NC(C)(C)C)NC1CC1c1ccccc1OC(F)(F)F.I. The fourth-order valence-electron chi connectivity index (χ4n) is 2.70. The molecule has 6 nitrogen and oxygen atoms in total. The fourth-order valence-corrected chi connectivity index (χ4v) is 2.70. The number of aliphatic imine (C=N–C) groups is 1. The van der Waals surface area contributed by atoms with Crippen LogP contribution in [0.5, 0.6) is 5.75 Å². The van der Waals surface area contributed by atoms with Gasteiger partial charge in [0.2, 0.25) is 5.91 Å². The monoisotopic (exact) mass is 514 g/mol. The van der Waals surface area contributed by atoms with Crippen LogP contribution in [-0.2, 0) is 4.79 Å². The van der Waals surface area contributed by atoms with Crippen molar-refractivity contribution in [3.8, 4) is 5.75 Å². The van der Waals surface area contributed by atoms with Crippen LogP contribution in [0, 0.1) is 0 Å². The lowest BCUT2D eigenvalue weighted by molar-refractivity contribution is -0.274. The number of guanidine groups is 1. The Morgan fingerprint density at radius 3 is 2.46 bits per heavy atom. The highest BCUT2D eigenvalue weighted by molar-refractivity contribution is 14.0. The van der Waals surface area contributed by atoms with Crippen molar-refractivity contribution in [2.45, 2.75) is 51.1 Å². The summed E-state index contributed by atoms with van der Waals surface area (Å²) in [7, 11) is 1.56. The first-order valence-electron chi connectivity index (χ1n) is 8.61. The van der Waals surface area contributed by atoms with E-state index in [-0.39, 0.29) is 59.7 Å². The van der Waals surface area contributed by atoms with E-state index < -0.39 is 6.36 Å². The van der Waals surface area contributed by atoms with Gasteiger partial charge in [-0.2, -0.15) is 0 Å². The molecule has 0 bridgehead atoms. The largest absolute Gasteiger partial charge is 0.573 e. The quantitative estimate of drug-likeness (QED) is 0.321. The molecular weight excluding hydrogens is 488 g/mol.